The summed E-state index contributed by atoms with van der Waals surface area (Å²) in [7, 11) is 0. The van der Waals surface area contributed by atoms with E-state index in [9.17, 15) is 0 Å². The van der Waals surface area contributed by atoms with E-state index in [1.165, 1.54) is 16.2 Å². The SMILES string of the molecule is CC[C@@H](C)NC(=S)Nc1ccc2sncc2c1. The minimum Gasteiger partial charge on any atom is -0.360 e. The van der Waals surface area contributed by atoms with Crippen LogP contribution in [0.15, 0.2) is 24.4 Å². The van der Waals surface area contributed by atoms with Gasteiger partial charge in [-0.25, -0.2) is 0 Å². The molecule has 0 aliphatic heterocycles. The smallest absolute Gasteiger partial charge is 0.170 e. The molecule has 2 aromatic rings. The van der Waals surface area contributed by atoms with Crippen LogP contribution < -0.4 is 10.6 Å². The number of aromatic nitrogens is 1. The van der Waals surface area contributed by atoms with Crippen molar-refractivity contribution in [1.82, 2.24) is 9.69 Å². The summed E-state index contributed by atoms with van der Waals surface area (Å²) in [6, 6.07) is 6.52. The van der Waals surface area contributed by atoms with Gasteiger partial charge in [0.25, 0.3) is 0 Å². The van der Waals surface area contributed by atoms with E-state index in [4.69, 9.17) is 12.2 Å². The van der Waals surface area contributed by atoms with Crippen LogP contribution in [0, 0.1) is 0 Å². The summed E-state index contributed by atoms with van der Waals surface area (Å²) < 4.78 is 5.34. The molecule has 0 radical (unpaired) electrons. The maximum absolute atomic E-state index is 5.25. The van der Waals surface area contributed by atoms with Crippen molar-refractivity contribution in [3.63, 3.8) is 0 Å². The van der Waals surface area contributed by atoms with Gasteiger partial charge in [0.1, 0.15) is 0 Å². The molecule has 1 heterocycles. The van der Waals surface area contributed by atoms with E-state index in [1.807, 2.05) is 12.3 Å². The Hall–Kier alpha value is -1.20. The van der Waals surface area contributed by atoms with Crippen molar-refractivity contribution < 1.29 is 0 Å². The summed E-state index contributed by atoms with van der Waals surface area (Å²) in [5.41, 5.74) is 0.999. The van der Waals surface area contributed by atoms with Gasteiger partial charge in [-0.15, -0.1) is 0 Å². The van der Waals surface area contributed by atoms with Gasteiger partial charge >= 0.3 is 0 Å². The van der Waals surface area contributed by atoms with Gasteiger partial charge < -0.3 is 10.6 Å². The number of nitrogens with one attached hydrogen (secondary N) is 2. The summed E-state index contributed by atoms with van der Waals surface area (Å²) in [5, 5.41) is 8.23. The highest BCUT2D eigenvalue weighted by atomic mass is 32.1. The highest BCUT2D eigenvalue weighted by Gasteiger charge is 2.03. The molecule has 1 aromatic heterocycles. The van der Waals surface area contributed by atoms with Crippen LogP contribution in [-0.2, 0) is 0 Å². The Balaban J connectivity index is 2.05. The fourth-order valence-corrected chi connectivity index (χ4v) is 2.39. The van der Waals surface area contributed by atoms with Gasteiger partial charge in [0.2, 0.25) is 0 Å². The Kier molecular flexibility index (Phi) is 3.91. The predicted molar refractivity (Wildman–Crippen MR) is 78.7 cm³/mol. The molecule has 17 heavy (non-hydrogen) atoms. The zero-order valence-corrected chi connectivity index (χ0v) is 11.5. The molecule has 0 amide bonds. The van der Waals surface area contributed by atoms with Crippen LogP contribution in [0.25, 0.3) is 10.1 Å². The number of thiocarbonyl (C=S) groups is 1. The van der Waals surface area contributed by atoms with Gasteiger partial charge in [0.05, 0.1) is 4.70 Å². The Morgan fingerprint density at radius 1 is 1.53 bits per heavy atom. The van der Waals surface area contributed by atoms with Crippen molar-refractivity contribution in [2.75, 3.05) is 5.32 Å². The van der Waals surface area contributed by atoms with Crippen molar-refractivity contribution in [2.45, 2.75) is 26.3 Å². The average molecular weight is 265 g/mol. The second-order valence-electron chi connectivity index (χ2n) is 3.99. The lowest BCUT2D eigenvalue weighted by Gasteiger charge is -2.15. The number of benzene rings is 1. The van der Waals surface area contributed by atoms with Crippen LogP contribution in [0.3, 0.4) is 0 Å². The van der Waals surface area contributed by atoms with Gasteiger partial charge in [-0.2, -0.15) is 4.37 Å². The van der Waals surface area contributed by atoms with Crippen molar-refractivity contribution in [3.8, 4) is 0 Å². The molecule has 0 saturated carbocycles. The monoisotopic (exact) mass is 265 g/mol. The van der Waals surface area contributed by atoms with Crippen LogP contribution in [-0.4, -0.2) is 15.5 Å². The fraction of sp³-hybridized carbons (Fsp3) is 0.333. The lowest BCUT2D eigenvalue weighted by atomic mass is 10.2. The van der Waals surface area contributed by atoms with E-state index in [0.29, 0.717) is 11.2 Å². The largest absolute Gasteiger partial charge is 0.360 e. The first-order chi connectivity index (χ1) is 8.19. The standard InChI is InChI=1S/C12H15N3S2/c1-3-8(2)14-12(16)15-10-4-5-11-9(6-10)7-13-17-11/h4-8H,3H2,1-2H3,(H2,14,15,16)/t8-/m1/s1. The maximum Gasteiger partial charge on any atom is 0.170 e. The lowest BCUT2D eigenvalue weighted by Crippen LogP contribution is -2.35. The normalized spacial score (nSPS) is 12.4. The molecule has 0 aliphatic carbocycles. The first-order valence-electron chi connectivity index (χ1n) is 5.61. The van der Waals surface area contributed by atoms with E-state index in [2.05, 4.69) is 41.0 Å². The zero-order valence-electron chi connectivity index (χ0n) is 9.86. The second-order valence-corrected chi connectivity index (χ2v) is 5.23. The van der Waals surface area contributed by atoms with E-state index >= 15 is 0 Å². The molecule has 0 fully saturated rings. The number of rotatable bonds is 3. The molecule has 0 unspecified atom stereocenters. The number of anilines is 1. The molecule has 2 N–H and O–H groups in total. The van der Waals surface area contributed by atoms with Crippen LogP contribution in [0.2, 0.25) is 0 Å². The van der Waals surface area contributed by atoms with E-state index in [-0.39, 0.29) is 0 Å². The Morgan fingerprint density at radius 3 is 3.12 bits per heavy atom. The molecule has 5 heteroatoms. The quantitative estimate of drug-likeness (QED) is 0.834. The Bertz CT molecular complexity index is 521. The average Bonchev–Trinajstić information content (AvgIpc) is 2.75. The number of nitrogens with zero attached hydrogens (tertiary/aromatic N) is 1. The van der Waals surface area contributed by atoms with Crippen LogP contribution in [0.5, 0.6) is 0 Å². The first kappa shape index (κ1) is 12.3. The van der Waals surface area contributed by atoms with E-state index in [0.717, 1.165) is 17.5 Å². The van der Waals surface area contributed by atoms with Crippen molar-refractivity contribution in [1.29, 1.82) is 0 Å². The van der Waals surface area contributed by atoms with Crippen LogP contribution in [0.4, 0.5) is 5.69 Å². The molecule has 0 bridgehead atoms. The molecular formula is C12H15N3S2. The number of fused-ring (bicyclic) bond motifs is 1. The third-order valence-electron chi connectivity index (χ3n) is 2.60. The topological polar surface area (TPSA) is 37.0 Å². The van der Waals surface area contributed by atoms with Crippen molar-refractivity contribution >= 4 is 44.6 Å². The first-order valence-corrected chi connectivity index (χ1v) is 6.79. The summed E-state index contributed by atoms with van der Waals surface area (Å²) >= 11 is 6.75. The van der Waals surface area contributed by atoms with Crippen LogP contribution >= 0.6 is 23.8 Å². The van der Waals surface area contributed by atoms with Crippen molar-refractivity contribution in [3.05, 3.63) is 24.4 Å². The molecule has 3 nitrogen and oxygen atoms in total. The molecule has 0 saturated heterocycles. The van der Waals surface area contributed by atoms with Gasteiger partial charge in [0, 0.05) is 23.3 Å². The van der Waals surface area contributed by atoms with E-state index in [1.54, 1.807) is 0 Å². The van der Waals surface area contributed by atoms with Gasteiger partial charge in [0.15, 0.2) is 5.11 Å². The number of hydrogen-bond acceptors (Lipinski definition) is 3. The lowest BCUT2D eigenvalue weighted by molar-refractivity contribution is 0.646. The molecule has 0 aliphatic rings. The number of hydrogen-bond donors (Lipinski definition) is 2. The third-order valence-corrected chi connectivity index (χ3v) is 3.60. The molecule has 1 aromatic carbocycles. The summed E-state index contributed by atoms with van der Waals surface area (Å²) in [4.78, 5) is 0. The molecule has 0 spiro atoms. The summed E-state index contributed by atoms with van der Waals surface area (Å²) in [6.07, 6.45) is 2.92. The Morgan fingerprint density at radius 2 is 2.35 bits per heavy atom. The van der Waals surface area contributed by atoms with Gasteiger partial charge in [-0.05, 0) is 55.3 Å². The molecule has 1 atom stereocenters. The summed E-state index contributed by atoms with van der Waals surface area (Å²) in [6.45, 7) is 4.24. The fourth-order valence-electron chi connectivity index (χ4n) is 1.44. The van der Waals surface area contributed by atoms with Gasteiger partial charge in [-0.1, -0.05) is 6.92 Å². The minimum atomic E-state index is 0.390. The zero-order chi connectivity index (χ0) is 12.3. The molecule has 2 rings (SSSR count). The minimum absolute atomic E-state index is 0.390. The van der Waals surface area contributed by atoms with Gasteiger partial charge in [-0.3, -0.25) is 0 Å². The maximum atomic E-state index is 5.25. The highest BCUT2D eigenvalue weighted by Crippen LogP contribution is 2.21. The predicted octanol–water partition coefficient (Wildman–Crippen LogP) is 3.38. The van der Waals surface area contributed by atoms with E-state index < -0.39 is 0 Å². The Labute approximate surface area is 110 Å². The summed E-state index contributed by atoms with van der Waals surface area (Å²) in [5.74, 6) is 0. The third kappa shape index (κ3) is 3.14. The van der Waals surface area contributed by atoms with Crippen LogP contribution in [0.1, 0.15) is 20.3 Å². The second kappa shape index (κ2) is 5.42. The van der Waals surface area contributed by atoms with Crippen molar-refractivity contribution in [2.24, 2.45) is 0 Å². The molecule has 90 valence electrons. The molecular weight excluding hydrogens is 250 g/mol. The highest BCUT2D eigenvalue weighted by molar-refractivity contribution is 7.80.